The maximum Gasteiger partial charge on any atom is 0.205 e. The summed E-state index contributed by atoms with van der Waals surface area (Å²) in [7, 11) is 0. The van der Waals surface area contributed by atoms with E-state index in [1.807, 2.05) is 0 Å². The van der Waals surface area contributed by atoms with Gasteiger partial charge in [0.25, 0.3) is 0 Å². The molecular weight excluding hydrogens is 386 g/mol. The van der Waals surface area contributed by atoms with Gasteiger partial charge in [-0.05, 0) is 58.2 Å². The van der Waals surface area contributed by atoms with Crippen LogP contribution in [0.4, 0.5) is 0 Å². The van der Waals surface area contributed by atoms with E-state index in [-0.39, 0.29) is 10.8 Å². The Labute approximate surface area is 195 Å². The van der Waals surface area contributed by atoms with Gasteiger partial charge in [-0.25, -0.2) is 0 Å². The van der Waals surface area contributed by atoms with Crippen LogP contribution < -0.4 is 4.57 Å². The van der Waals surface area contributed by atoms with Crippen LogP contribution >= 0.6 is 0 Å². The lowest BCUT2D eigenvalue weighted by Crippen LogP contribution is -2.38. The Morgan fingerprint density at radius 1 is 0.562 bits per heavy atom. The number of pyridine rings is 1. The minimum atomic E-state index is 0.182. The maximum atomic E-state index is 2.35. The Morgan fingerprint density at radius 3 is 1.25 bits per heavy atom. The largest absolute Gasteiger partial charge is 0.205 e. The van der Waals surface area contributed by atoms with Crippen LogP contribution in [0.2, 0.25) is 0 Å². The molecule has 0 radical (unpaired) electrons. The monoisotopic (exact) mass is 424 g/mol. The fourth-order valence-corrected chi connectivity index (χ4v) is 3.78. The quantitative estimate of drug-likeness (QED) is 0.366. The fourth-order valence-electron chi connectivity index (χ4n) is 3.78. The molecule has 0 aliphatic rings. The van der Waals surface area contributed by atoms with Gasteiger partial charge in [-0.15, -0.1) is 0 Å². The first-order chi connectivity index (χ1) is 15.1. The molecule has 1 heterocycles. The van der Waals surface area contributed by atoms with Gasteiger partial charge >= 0.3 is 0 Å². The lowest BCUT2D eigenvalue weighted by molar-refractivity contribution is -0.696. The van der Waals surface area contributed by atoms with E-state index in [1.165, 1.54) is 33.6 Å². The van der Waals surface area contributed by atoms with Crippen LogP contribution in [0, 0.1) is 0 Å². The summed E-state index contributed by atoms with van der Waals surface area (Å²) in [6.07, 6.45) is 8.83. The van der Waals surface area contributed by atoms with Crippen LogP contribution in [0.3, 0.4) is 0 Å². The van der Waals surface area contributed by atoms with Crippen molar-refractivity contribution < 1.29 is 4.57 Å². The normalized spacial score (nSPS) is 12.7. The molecule has 0 N–H and O–H groups in total. The van der Waals surface area contributed by atoms with Crippen LogP contribution in [0.15, 0.2) is 66.7 Å². The van der Waals surface area contributed by atoms with E-state index in [2.05, 4.69) is 144 Å². The maximum absolute atomic E-state index is 2.35. The van der Waals surface area contributed by atoms with Gasteiger partial charge in [0.15, 0.2) is 0 Å². The van der Waals surface area contributed by atoms with Gasteiger partial charge in [0, 0.05) is 24.3 Å². The second-order valence-electron chi connectivity index (χ2n) is 10.5. The Bertz CT molecular complexity index is 997. The van der Waals surface area contributed by atoms with Gasteiger partial charge in [0.05, 0.1) is 0 Å². The molecule has 32 heavy (non-hydrogen) atoms. The molecule has 0 saturated carbocycles. The third-order valence-corrected chi connectivity index (χ3v) is 5.92. The lowest BCUT2D eigenvalue weighted by atomic mass is 9.87. The number of nitrogens with zero attached hydrogens (tertiary/aromatic N) is 1. The highest BCUT2D eigenvalue weighted by Gasteiger charge is 2.14. The minimum absolute atomic E-state index is 0.182. The first kappa shape index (κ1) is 23.7. The highest BCUT2D eigenvalue weighted by Crippen LogP contribution is 2.23. The van der Waals surface area contributed by atoms with E-state index in [4.69, 9.17) is 0 Å². The Hall–Kier alpha value is -2.93. The lowest BCUT2D eigenvalue weighted by Gasteiger charge is -2.18. The van der Waals surface area contributed by atoms with Crippen molar-refractivity contribution in [3.05, 3.63) is 100 Å². The Balaban J connectivity index is 1.81. The molecule has 3 aromatic rings. The van der Waals surface area contributed by atoms with Crippen molar-refractivity contribution in [1.29, 1.82) is 0 Å². The van der Waals surface area contributed by atoms with E-state index < -0.39 is 0 Å². The molecule has 166 valence electrons. The summed E-state index contributed by atoms with van der Waals surface area (Å²) < 4.78 is 2.35. The van der Waals surface area contributed by atoms with Crippen molar-refractivity contribution >= 4 is 24.3 Å². The van der Waals surface area contributed by atoms with Gasteiger partial charge in [0.2, 0.25) is 11.4 Å². The third kappa shape index (κ3) is 6.07. The highest BCUT2D eigenvalue weighted by molar-refractivity contribution is 5.69. The summed E-state index contributed by atoms with van der Waals surface area (Å²) in [5.41, 5.74) is 7.95. The molecule has 0 spiro atoms. The van der Waals surface area contributed by atoms with Gasteiger partial charge in [-0.1, -0.05) is 90.1 Å². The van der Waals surface area contributed by atoms with E-state index in [0.717, 1.165) is 6.54 Å². The Kier molecular flexibility index (Phi) is 7.19. The molecule has 0 amide bonds. The van der Waals surface area contributed by atoms with Crippen molar-refractivity contribution in [2.75, 3.05) is 0 Å². The van der Waals surface area contributed by atoms with Crippen molar-refractivity contribution in [3.63, 3.8) is 0 Å². The standard InChI is InChI=1S/C31H38N/c1-8-32-28(22-16-24-12-18-26(19-13-24)30(2,3)4)10-9-11-29(32)23-17-25-14-20-27(21-15-25)31(5,6)7/h9-23H,8H2,1-7H3/q+1/b22-16+,23-17+. The highest BCUT2D eigenvalue weighted by atomic mass is 15.0. The molecule has 3 rings (SSSR count). The van der Waals surface area contributed by atoms with Crippen LogP contribution in [0.1, 0.15) is 82.1 Å². The Morgan fingerprint density at radius 2 is 0.938 bits per heavy atom. The van der Waals surface area contributed by atoms with Crippen molar-refractivity contribution in [2.45, 2.75) is 65.8 Å². The summed E-state index contributed by atoms with van der Waals surface area (Å²) in [5, 5.41) is 0. The molecule has 0 atom stereocenters. The van der Waals surface area contributed by atoms with E-state index >= 15 is 0 Å². The number of hydrogen-bond donors (Lipinski definition) is 0. The van der Waals surface area contributed by atoms with Crippen molar-refractivity contribution in [2.24, 2.45) is 0 Å². The van der Waals surface area contributed by atoms with Crippen LogP contribution in [-0.4, -0.2) is 0 Å². The fraction of sp³-hybridized carbons (Fsp3) is 0.323. The summed E-state index contributed by atoms with van der Waals surface area (Å²) >= 11 is 0. The van der Waals surface area contributed by atoms with Crippen LogP contribution in [0.25, 0.3) is 24.3 Å². The average Bonchev–Trinajstić information content (AvgIpc) is 2.75. The molecule has 2 aromatic carbocycles. The average molecular weight is 425 g/mol. The summed E-state index contributed by atoms with van der Waals surface area (Å²) in [6.45, 7) is 16.6. The van der Waals surface area contributed by atoms with E-state index in [9.17, 15) is 0 Å². The smallest absolute Gasteiger partial charge is 0.193 e. The van der Waals surface area contributed by atoms with Gasteiger partial charge in [0.1, 0.15) is 6.54 Å². The van der Waals surface area contributed by atoms with Crippen LogP contribution in [-0.2, 0) is 17.4 Å². The predicted octanol–water partition coefficient (Wildman–Crippen LogP) is 7.93. The number of aromatic nitrogens is 1. The molecule has 1 nitrogen and oxygen atoms in total. The molecule has 0 bridgehead atoms. The van der Waals surface area contributed by atoms with E-state index in [0.29, 0.717) is 0 Å². The minimum Gasteiger partial charge on any atom is -0.193 e. The SMILES string of the molecule is CC[n+]1c(/C=C/c2ccc(C(C)(C)C)cc2)cccc1/C=C/c1ccc(C(C)(C)C)cc1. The zero-order chi connectivity index (χ0) is 23.4. The zero-order valence-electron chi connectivity index (χ0n) is 20.8. The third-order valence-electron chi connectivity index (χ3n) is 5.92. The molecule has 0 saturated heterocycles. The van der Waals surface area contributed by atoms with Gasteiger partial charge < -0.3 is 0 Å². The first-order valence-corrected chi connectivity index (χ1v) is 11.7. The molecule has 0 unspecified atom stereocenters. The summed E-state index contributed by atoms with van der Waals surface area (Å²) in [6, 6.07) is 24.3. The zero-order valence-corrected chi connectivity index (χ0v) is 20.8. The topological polar surface area (TPSA) is 3.88 Å². The van der Waals surface area contributed by atoms with E-state index in [1.54, 1.807) is 0 Å². The van der Waals surface area contributed by atoms with Gasteiger partial charge in [-0.3, -0.25) is 0 Å². The van der Waals surface area contributed by atoms with Gasteiger partial charge in [-0.2, -0.15) is 4.57 Å². The second-order valence-corrected chi connectivity index (χ2v) is 10.5. The molecular formula is C31H38N+. The summed E-state index contributed by atoms with van der Waals surface area (Å²) in [5.74, 6) is 0. The predicted molar refractivity (Wildman–Crippen MR) is 140 cm³/mol. The number of benzene rings is 2. The second kappa shape index (κ2) is 9.69. The number of hydrogen-bond acceptors (Lipinski definition) is 0. The first-order valence-electron chi connectivity index (χ1n) is 11.7. The van der Waals surface area contributed by atoms with Crippen LogP contribution in [0.5, 0.6) is 0 Å². The van der Waals surface area contributed by atoms with Crippen molar-refractivity contribution in [3.8, 4) is 0 Å². The number of rotatable bonds is 5. The molecule has 0 aliphatic carbocycles. The summed E-state index contributed by atoms with van der Waals surface area (Å²) in [4.78, 5) is 0. The molecule has 0 aliphatic heterocycles. The molecule has 1 aromatic heterocycles. The molecule has 1 heteroatoms. The molecule has 0 fully saturated rings. The van der Waals surface area contributed by atoms with Crippen molar-refractivity contribution in [1.82, 2.24) is 0 Å².